The molecule has 0 atom stereocenters. The number of fused-ring (bicyclic) bond motifs is 2. The second kappa shape index (κ2) is 5.09. The number of rotatable bonds is 2. The third-order valence-corrected chi connectivity index (χ3v) is 4.54. The summed E-state index contributed by atoms with van der Waals surface area (Å²) in [5, 5.41) is 19.0. The van der Waals surface area contributed by atoms with Crippen molar-refractivity contribution in [3.8, 4) is 0 Å². The summed E-state index contributed by atoms with van der Waals surface area (Å²) in [7, 11) is 0. The molecule has 3 heterocycles. The number of para-hydroxylation sites is 2. The number of benzene rings is 2. The topological polar surface area (TPSA) is 125 Å². The number of hydrogen-bond acceptors (Lipinski definition) is 4. The molecule has 5 N–H and O–H groups in total. The van der Waals surface area contributed by atoms with Gasteiger partial charge in [0.15, 0.2) is 0 Å². The highest BCUT2D eigenvalue weighted by molar-refractivity contribution is 6.30. The summed E-state index contributed by atoms with van der Waals surface area (Å²) >= 11 is 0. The number of hydrogen-bond donors (Lipinski definition) is 5. The molecule has 8 nitrogen and oxygen atoms in total. The summed E-state index contributed by atoms with van der Waals surface area (Å²) in [6, 6.07) is 12.9. The number of amidine groups is 1. The van der Waals surface area contributed by atoms with Crippen molar-refractivity contribution in [1.82, 2.24) is 19.9 Å². The lowest BCUT2D eigenvalue weighted by Crippen LogP contribution is -2.26. The SMILES string of the molecule is N=C1C(c2nc3ccccc3[nH]2)=C(O)CN1c1ccc2[nH]c(=O)[nH]c2c1. The first-order valence-electron chi connectivity index (χ1n) is 8.06. The molecule has 1 aliphatic heterocycles. The Kier molecular flexibility index (Phi) is 2.84. The normalized spacial score (nSPS) is 14.9. The summed E-state index contributed by atoms with van der Waals surface area (Å²) in [5.74, 6) is 0.697. The Hall–Kier alpha value is -3.81. The number of aromatic amines is 3. The van der Waals surface area contributed by atoms with E-state index in [4.69, 9.17) is 5.41 Å². The lowest BCUT2D eigenvalue weighted by atomic mass is 10.2. The van der Waals surface area contributed by atoms with Gasteiger partial charge in [-0.1, -0.05) is 12.1 Å². The Morgan fingerprint density at radius 1 is 1.04 bits per heavy atom. The van der Waals surface area contributed by atoms with Crippen LogP contribution in [0.3, 0.4) is 0 Å². The van der Waals surface area contributed by atoms with Gasteiger partial charge in [-0.05, 0) is 30.3 Å². The van der Waals surface area contributed by atoms with Crippen LogP contribution in [0.2, 0.25) is 0 Å². The molecule has 2 aromatic carbocycles. The monoisotopic (exact) mass is 346 g/mol. The van der Waals surface area contributed by atoms with Gasteiger partial charge >= 0.3 is 5.69 Å². The zero-order valence-electron chi connectivity index (χ0n) is 13.5. The van der Waals surface area contributed by atoms with Crippen molar-refractivity contribution in [2.24, 2.45) is 0 Å². The Labute approximate surface area is 146 Å². The molecule has 0 fully saturated rings. The van der Waals surface area contributed by atoms with Gasteiger partial charge in [-0.25, -0.2) is 9.78 Å². The summed E-state index contributed by atoms with van der Waals surface area (Å²) in [4.78, 5) is 26.1. The van der Waals surface area contributed by atoms with E-state index in [0.29, 0.717) is 28.1 Å². The van der Waals surface area contributed by atoms with Crippen LogP contribution in [0.15, 0.2) is 53.0 Å². The molecule has 5 rings (SSSR count). The number of aromatic nitrogens is 4. The first kappa shape index (κ1) is 14.5. The van der Waals surface area contributed by atoms with Gasteiger partial charge in [-0.15, -0.1) is 0 Å². The van der Waals surface area contributed by atoms with E-state index in [9.17, 15) is 9.90 Å². The third-order valence-electron chi connectivity index (χ3n) is 4.54. The van der Waals surface area contributed by atoms with E-state index in [0.717, 1.165) is 11.0 Å². The van der Waals surface area contributed by atoms with E-state index in [1.165, 1.54) is 0 Å². The zero-order valence-corrected chi connectivity index (χ0v) is 13.5. The third kappa shape index (κ3) is 2.05. The molecule has 1 aliphatic rings. The van der Waals surface area contributed by atoms with Crippen LogP contribution in [0.4, 0.5) is 5.69 Å². The second-order valence-electron chi connectivity index (χ2n) is 6.17. The molecule has 0 aliphatic carbocycles. The number of anilines is 1. The van der Waals surface area contributed by atoms with Crippen molar-refractivity contribution in [1.29, 1.82) is 5.41 Å². The van der Waals surface area contributed by atoms with Crippen LogP contribution in [-0.4, -0.2) is 37.4 Å². The minimum absolute atomic E-state index is 0.0803. The number of imidazole rings is 2. The van der Waals surface area contributed by atoms with Crippen LogP contribution in [0.5, 0.6) is 0 Å². The largest absolute Gasteiger partial charge is 0.509 e. The molecule has 0 radical (unpaired) electrons. The molecule has 0 unspecified atom stereocenters. The lowest BCUT2D eigenvalue weighted by Gasteiger charge is -2.18. The highest BCUT2D eigenvalue weighted by Crippen LogP contribution is 2.31. The van der Waals surface area contributed by atoms with Gasteiger partial charge in [0.05, 0.1) is 34.2 Å². The predicted molar refractivity (Wildman–Crippen MR) is 99.6 cm³/mol. The summed E-state index contributed by atoms with van der Waals surface area (Å²) in [5.41, 5.74) is 3.77. The van der Waals surface area contributed by atoms with Gasteiger partial charge in [0.1, 0.15) is 17.4 Å². The lowest BCUT2D eigenvalue weighted by molar-refractivity contribution is 0.411. The van der Waals surface area contributed by atoms with Crippen molar-refractivity contribution in [2.45, 2.75) is 0 Å². The molecule has 8 heteroatoms. The summed E-state index contributed by atoms with van der Waals surface area (Å²) in [6.45, 7) is 0.172. The molecule has 0 bridgehead atoms. The van der Waals surface area contributed by atoms with E-state index in [1.807, 2.05) is 24.3 Å². The number of nitrogens with zero attached hydrogens (tertiary/aromatic N) is 2. The maximum atomic E-state index is 11.4. The molecule has 0 saturated heterocycles. The molecule has 0 spiro atoms. The Bertz CT molecular complexity index is 1240. The van der Waals surface area contributed by atoms with Crippen molar-refractivity contribution < 1.29 is 5.11 Å². The van der Waals surface area contributed by atoms with Crippen LogP contribution in [-0.2, 0) is 0 Å². The number of aliphatic hydroxyl groups is 1. The van der Waals surface area contributed by atoms with Gasteiger partial charge in [0, 0.05) is 5.69 Å². The molecule has 2 aromatic heterocycles. The van der Waals surface area contributed by atoms with E-state index in [2.05, 4.69) is 19.9 Å². The zero-order chi connectivity index (χ0) is 17.8. The van der Waals surface area contributed by atoms with Crippen molar-refractivity contribution in [2.75, 3.05) is 11.4 Å². The van der Waals surface area contributed by atoms with Crippen molar-refractivity contribution in [3.05, 3.63) is 64.5 Å². The number of nitrogens with one attached hydrogen (secondary N) is 4. The fourth-order valence-corrected chi connectivity index (χ4v) is 3.31. The number of H-pyrrole nitrogens is 3. The molecule has 26 heavy (non-hydrogen) atoms. The standard InChI is InChI=1S/C18H14N6O2/c19-16-15(17-20-10-3-1-2-4-11(10)21-17)14(25)8-24(16)9-5-6-12-13(7-9)23-18(26)22-12/h1-7,19,25H,8H2,(H,20,21)(H2,22,23,26). The van der Waals surface area contributed by atoms with E-state index >= 15 is 0 Å². The predicted octanol–water partition coefficient (Wildman–Crippen LogP) is 2.50. The quantitative estimate of drug-likeness (QED) is 0.382. The summed E-state index contributed by atoms with van der Waals surface area (Å²) < 4.78 is 0. The Balaban J connectivity index is 1.55. The Morgan fingerprint density at radius 2 is 1.85 bits per heavy atom. The van der Waals surface area contributed by atoms with Crippen LogP contribution < -0.4 is 10.6 Å². The van der Waals surface area contributed by atoms with Crippen LogP contribution in [0, 0.1) is 5.41 Å². The maximum Gasteiger partial charge on any atom is 0.323 e. The number of aliphatic hydroxyl groups excluding tert-OH is 1. The molecular weight excluding hydrogens is 332 g/mol. The second-order valence-corrected chi connectivity index (χ2v) is 6.17. The maximum absolute atomic E-state index is 11.4. The van der Waals surface area contributed by atoms with Crippen molar-refractivity contribution in [3.63, 3.8) is 0 Å². The highest BCUT2D eigenvalue weighted by atomic mass is 16.3. The average molecular weight is 346 g/mol. The van der Waals surface area contributed by atoms with E-state index in [1.54, 1.807) is 23.1 Å². The first-order chi connectivity index (χ1) is 12.6. The molecular formula is C18H14N6O2. The van der Waals surface area contributed by atoms with Gasteiger partial charge in [0.2, 0.25) is 0 Å². The summed E-state index contributed by atoms with van der Waals surface area (Å²) in [6.07, 6.45) is 0. The fraction of sp³-hybridized carbons (Fsp3) is 0.0556. The minimum atomic E-state index is -0.280. The van der Waals surface area contributed by atoms with E-state index in [-0.39, 0.29) is 23.8 Å². The molecule has 0 amide bonds. The first-order valence-corrected chi connectivity index (χ1v) is 8.06. The molecule has 4 aromatic rings. The average Bonchev–Trinajstić information content (AvgIpc) is 3.28. The van der Waals surface area contributed by atoms with Gasteiger partial charge in [0.25, 0.3) is 0 Å². The van der Waals surface area contributed by atoms with Gasteiger partial charge in [-0.2, -0.15) is 0 Å². The molecule has 128 valence electrons. The minimum Gasteiger partial charge on any atom is -0.509 e. The van der Waals surface area contributed by atoms with Gasteiger partial charge in [-0.3, -0.25) is 5.41 Å². The van der Waals surface area contributed by atoms with Crippen LogP contribution >= 0.6 is 0 Å². The Morgan fingerprint density at radius 3 is 2.69 bits per heavy atom. The van der Waals surface area contributed by atoms with E-state index < -0.39 is 0 Å². The highest BCUT2D eigenvalue weighted by Gasteiger charge is 2.31. The molecule has 0 saturated carbocycles. The van der Waals surface area contributed by atoms with Crippen molar-refractivity contribution >= 4 is 39.2 Å². The van der Waals surface area contributed by atoms with Crippen LogP contribution in [0.1, 0.15) is 5.82 Å². The smallest absolute Gasteiger partial charge is 0.323 e. The fourth-order valence-electron chi connectivity index (χ4n) is 3.31. The van der Waals surface area contributed by atoms with Crippen LogP contribution in [0.25, 0.3) is 27.6 Å². The van der Waals surface area contributed by atoms with Gasteiger partial charge < -0.3 is 25.0 Å².